The lowest BCUT2D eigenvalue weighted by Crippen LogP contribution is -2.47. The Bertz CT molecular complexity index is 711. The van der Waals surface area contributed by atoms with Crippen LogP contribution in [0.25, 0.3) is 10.9 Å². The van der Waals surface area contributed by atoms with Crippen molar-refractivity contribution in [3.8, 4) is 0 Å². The van der Waals surface area contributed by atoms with Crippen molar-refractivity contribution in [3.63, 3.8) is 0 Å². The molecular weight excluding hydrogens is 310 g/mol. The number of rotatable bonds is 7. The molecule has 4 nitrogen and oxygen atoms in total. The molecule has 0 N–H and O–H groups in total. The molecule has 134 valence electrons. The molecular formula is C21H29N3O. The van der Waals surface area contributed by atoms with E-state index in [1.807, 2.05) is 12.3 Å². The first-order chi connectivity index (χ1) is 12.2. The van der Waals surface area contributed by atoms with Gasteiger partial charge < -0.3 is 4.74 Å². The van der Waals surface area contributed by atoms with Crippen molar-refractivity contribution in [2.75, 3.05) is 13.2 Å². The van der Waals surface area contributed by atoms with E-state index in [1.165, 1.54) is 36.6 Å². The van der Waals surface area contributed by atoms with Gasteiger partial charge in [0.2, 0.25) is 0 Å². The quantitative estimate of drug-likeness (QED) is 0.717. The summed E-state index contributed by atoms with van der Waals surface area (Å²) in [5.74, 6) is 0.594. The van der Waals surface area contributed by atoms with Gasteiger partial charge in [0.05, 0.1) is 24.4 Å². The molecule has 2 aromatic rings. The minimum Gasteiger partial charge on any atom is -0.374 e. The Hall–Kier alpha value is -1.65. The Morgan fingerprint density at radius 2 is 2.00 bits per heavy atom. The molecule has 0 amide bonds. The SMILES string of the molecule is C=CCO[C@@H]1C[C@H]2CC[C@@H](C1)N2C[C@@H](C)Cn1ncc2ccccc21. The smallest absolute Gasteiger partial charge is 0.0682 e. The van der Waals surface area contributed by atoms with Crippen LogP contribution in [0.4, 0.5) is 0 Å². The number of fused-ring (bicyclic) bond motifs is 3. The van der Waals surface area contributed by atoms with Gasteiger partial charge in [0.15, 0.2) is 0 Å². The van der Waals surface area contributed by atoms with Crippen molar-refractivity contribution < 1.29 is 4.74 Å². The average Bonchev–Trinajstić information content (AvgIpc) is 3.11. The first-order valence-electron chi connectivity index (χ1n) is 9.63. The molecule has 0 unspecified atom stereocenters. The normalized spacial score (nSPS) is 27.6. The molecule has 1 aromatic carbocycles. The van der Waals surface area contributed by atoms with Crippen LogP contribution in [-0.2, 0) is 11.3 Å². The molecule has 0 saturated carbocycles. The van der Waals surface area contributed by atoms with Gasteiger partial charge in [-0.15, -0.1) is 6.58 Å². The second kappa shape index (κ2) is 7.30. The summed E-state index contributed by atoms with van der Waals surface area (Å²) in [5, 5.41) is 5.83. The number of piperidine rings is 1. The van der Waals surface area contributed by atoms with Crippen LogP contribution in [0.3, 0.4) is 0 Å². The van der Waals surface area contributed by atoms with Crippen LogP contribution in [0.1, 0.15) is 32.6 Å². The van der Waals surface area contributed by atoms with E-state index < -0.39 is 0 Å². The van der Waals surface area contributed by atoms with E-state index in [4.69, 9.17) is 4.74 Å². The van der Waals surface area contributed by atoms with E-state index in [0.29, 0.717) is 30.7 Å². The Morgan fingerprint density at radius 1 is 1.24 bits per heavy atom. The van der Waals surface area contributed by atoms with Gasteiger partial charge in [-0.1, -0.05) is 31.2 Å². The van der Waals surface area contributed by atoms with Crippen molar-refractivity contribution in [2.45, 2.75) is 57.3 Å². The lowest BCUT2D eigenvalue weighted by Gasteiger charge is -2.40. The van der Waals surface area contributed by atoms with Crippen molar-refractivity contribution >= 4 is 10.9 Å². The molecule has 4 heteroatoms. The van der Waals surface area contributed by atoms with Gasteiger partial charge in [0, 0.05) is 30.6 Å². The molecule has 0 spiro atoms. The van der Waals surface area contributed by atoms with Gasteiger partial charge in [0.1, 0.15) is 0 Å². The van der Waals surface area contributed by atoms with Crippen molar-refractivity contribution in [3.05, 3.63) is 43.1 Å². The van der Waals surface area contributed by atoms with Crippen LogP contribution < -0.4 is 0 Å². The molecule has 4 rings (SSSR count). The third-order valence-corrected chi connectivity index (χ3v) is 5.85. The van der Waals surface area contributed by atoms with Crippen LogP contribution in [-0.4, -0.2) is 46.0 Å². The summed E-state index contributed by atoms with van der Waals surface area (Å²) >= 11 is 0. The summed E-state index contributed by atoms with van der Waals surface area (Å²) < 4.78 is 8.11. The molecule has 3 heterocycles. The predicted octanol–water partition coefficient (Wildman–Crippen LogP) is 3.87. The fourth-order valence-corrected chi connectivity index (χ4v) is 4.75. The maximum atomic E-state index is 5.94. The van der Waals surface area contributed by atoms with E-state index in [1.54, 1.807) is 0 Å². The molecule has 2 fully saturated rings. The van der Waals surface area contributed by atoms with Crippen molar-refractivity contribution in [1.82, 2.24) is 14.7 Å². The van der Waals surface area contributed by atoms with Crippen LogP contribution in [0.2, 0.25) is 0 Å². The number of ether oxygens (including phenoxy) is 1. The molecule has 1 aromatic heterocycles. The second-order valence-electron chi connectivity index (χ2n) is 7.79. The third-order valence-electron chi connectivity index (χ3n) is 5.85. The number of para-hydroxylation sites is 1. The summed E-state index contributed by atoms with van der Waals surface area (Å²) in [6.07, 6.45) is 9.30. The fourth-order valence-electron chi connectivity index (χ4n) is 4.75. The lowest BCUT2D eigenvalue weighted by atomic mass is 9.98. The van der Waals surface area contributed by atoms with E-state index in [0.717, 1.165) is 13.1 Å². The maximum Gasteiger partial charge on any atom is 0.0682 e. The zero-order valence-corrected chi connectivity index (χ0v) is 15.2. The van der Waals surface area contributed by atoms with Crippen molar-refractivity contribution in [1.29, 1.82) is 0 Å². The number of benzene rings is 1. The van der Waals surface area contributed by atoms with Gasteiger partial charge in [-0.05, 0) is 37.7 Å². The van der Waals surface area contributed by atoms with Gasteiger partial charge in [-0.3, -0.25) is 9.58 Å². The van der Waals surface area contributed by atoms with E-state index in [-0.39, 0.29) is 0 Å². The Labute approximate surface area is 150 Å². The molecule has 2 aliphatic rings. The third kappa shape index (κ3) is 3.51. The summed E-state index contributed by atoms with van der Waals surface area (Å²) in [5.41, 5.74) is 1.24. The first-order valence-corrected chi connectivity index (χ1v) is 9.63. The van der Waals surface area contributed by atoms with Crippen LogP contribution in [0.15, 0.2) is 43.1 Å². The van der Waals surface area contributed by atoms with E-state index >= 15 is 0 Å². The molecule has 25 heavy (non-hydrogen) atoms. The topological polar surface area (TPSA) is 30.3 Å². The average molecular weight is 339 g/mol. The molecule has 0 radical (unpaired) electrons. The Morgan fingerprint density at radius 3 is 2.76 bits per heavy atom. The monoisotopic (exact) mass is 339 g/mol. The number of nitrogens with zero attached hydrogens (tertiary/aromatic N) is 3. The second-order valence-corrected chi connectivity index (χ2v) is 7.79. The highest BCUT2D eigenvalue weighted by Crippen LogP contribution is 2.37. The van der Waals surface area contributed by atoms with Crippen LogP contribution >= 0.6 is 0 Å². The minimum absolute atomic E-state index is 0.428. The first kappa shape index (κ1) is 16.8. The lowest BCUT2D eigenvalue weighted by molar-refractivity contribution is -0.0134. The van der Waals surface area contributed by atoms with Crippen LogP contribution in [0, 0.1) is 5.92 Å². The standard InChI is InChI=1S/C21H29N3O/c1-3-10-25-20-11-18-8-9-19(12-20)23(18)14-16(2)15-24-21-7-5-4-6-17(21)13-22-24/h3-7,13,16,18-20H,1,8-12,14-15H2,2H3/t16-,18-,19+,20-/m1/s1. The number of aromatic nitrogens is 2. The van der Waals surface area contributed by atoms with Crippen LogP contribution in [0.5, 0.6) is 0 Å². The highest BCUT2D eigenvalue weighted by molar-refractivity contribution is 5.78. The Balaban J connectivity index is 1.37. The van der Waals surface area contributed by atoms with Gasteiger partial charge >= 0.3 is 0 Å². The van der Waals surface area contributed by atoms with Gasteiger partial charge in [0.25, 0.3) is 0 Å². The summed E-state index contributed by atoms with van der Waals surface area (Å²) in [7, 11) is 0. The zero-order valence-electron chi connectivity index (χ0n) is 15.2. The van der Waals surface area contributed by atoms with Gasteiger partial charge in [-0.25, -0.2) is 0 Å². The summed E-state index contributed by atoms with van der Waals surface area (Å²) in [4.78, 5) is 2.75. The fraction of sp³-hybridized carbons (Fsp3) is 0.571. The highest BCUT2D eigenvalue weighted by atomic mass is 16.5. The number of hydrogen-bond donors (Lipinski definition) is 0. The van der Waals surface area contributed by atoms with Crippen molar-refractivity contribution in [2.24, 2.45) is 5.92 Å². The summed E-state index contributed by atoms with van der Waals surface area (Å²) in [6.45, 7) is 8.96. The molecule has 2 saturated heterocycles. The zero-order chi connectivity index (χ0) is 17.2. The molecule has 2 aliphatic heterocycles. The molecule has 4 atom stereocenters. The van der Waals surface area contributed by atoms with E-state index in [2.05, 4.69) is 52.4 Å². The minimum atomic E-state index is 0.428. The summed E-state index contributed by atoms with van der Waals surface area (Å²) in [6, 6.07) is 9.88. The molecule has 2 bridgehead atoms. The number of hydrogen-bond acceptors (Lipinski definition) is 3. The Kier molecular flexibility index (Phi) is 4.91. The highest BCUT2D eigenvalue weighted by Gasteiger charge is 2.41. The van der Waals surface area contributed by atoms with Gasteiger partial charge in [-0.2, -0.15) is 5.10 Å². The van der Waals surface area contributed by atoms with E-state index in [9.17, 15) is 0 Å². The predicted molar refractivity (Wildman–Crippen MR) is 102 cm³/mol. The largest absolute Gasteiger partial charge is 0.374 e. The molecule has 0 aliphatic carbocycles. The maximum absolute atomic E-state index is 5.94.